The third kappa shape index (κ3) is 2.57. The van der Waals surface area contributed by atoms with Crippen LogP contribution in [0.25, 0.3) is 21.8 Å². The zero-order valence-corrected chi connectivity index (χ0v) is 14.9. The maximum atomic E-state index is 11.0. The summed E-state index contributed by atoms with van der Waals surface area (Å²) in [4.78, 5) is 4.41. The van der Waals surface area contributed by atoms with Gasteiger partial charge < -0.3 is 19.1 Å². The Labute approximate surface area is 151 Å². The van der Waals surface area contributed by atoms with E-state index < -0.39 is 6.10 Å². The van der Waals surface area contributed by atoms with E-state index in [0.29, 0.717) is 11.5 Å². The van der Waals surface area contributed by atoms with E-state index in [4.69, 9.17) is 9.47 Å². The molecule has 4 rings (SSSR count). The molecule has 0 saturated heterocycles. The van der Waals surface area contributed by atoms with Crippen LogP contribution in [0.5, 0.6) is 11.5 Å². The van der Waals surface area contributed by atoms with Crippen LogP contribution in [-0.2, 0) is 7.05 Å². The third-order valence-electron chi connectivity index (χ3n) is 4.80. The van der Waals surface area contributed by atoms with Gasteiger partial charge in [0.1, 0.15) is 6.10 Å². The summed E-state index contributed by atoms with van der Waals surface area (Å²) in [6, 6.07) is 13.6. The fourth-order valence-corrected chi connectivity index (χ4v) is 3.38. The van der Waals surface area contributed by atoms with Gasteiger partial charge in [-0.2, -0.15) is 0 Å². The monoisotopic (exact) mass is 348 g/mol. The Bertz CT molecular complexity index is 1100. The summed E-state index contributed by atoms with van der Waals surface area (Å²) in [5.74, 6) is 1.23. The number of hydrogen-bond donors (Lipinski definition) is 1. The van der Waals surface area contributed by atoms with E-state index in [1.54, 1.807) is 20.4 Å². The van der Waals surface area contributed by atoms with Crippen molar-refractivity contribution >= 4 is 21.8 Å². The maximum absolute atomic E-state index is 11.0. The third-order valence-corrected chi connectivity index (χ3v) is 4.80. The largest absolute Gasteiger partial charge is 0.493 e. The molecule has 0 aliphatic heterocycles. The van der Waals surface area contributed by atoms with E-state index in [1.807, 2.05) is 55.7 Å². The number of rotatable bonds is 4. The minimum absolute atomic E-state index is 0.611. The number of hydrogen-bond acceptors (Lipinski definition) is 4. The molecule has 132 valence electrons. The minimum Gasteiger partial charge on any atom is -0.493 e. The molecule has 0 aliphatic rings. The first kappa shape index (κ1) is 16.4. The molecule has 1 unspecified atom stereocenters. The van der Waals surface area contributed by atoms with Crippen LogP contribution in [0.2, 0.25) is 0 Å². The number of fused-ring (bicyclic) bond motifs is 2. The van der Waals surface area contributed by atoms with Crippen LogP contribution in [0, 0.1) is 0 Å². The van der Waals surface area contributed by atoms with E-state index in [1.165, 1.54) is 0 Å². The lowest BCUT2D eigenvalue weighted by atomic mass is 9.97. The molecule has 0 aliphatic carbocycles. The second-order valence-corrected chi connectivity index (χ2v) is 6.27. The Hall–Kier alpha value is -3.05. The Morgan fingerprint density at radius 1 is 1.00 bits per heavy atom. The second-order valence-electron chi connectivity index (χ2n) is 6.27. The SMILES string of the molecule is COc1cc2nccc(C(O)c3ccc4c(ccn4C)c3)c2cc1OC. The normalized spacial score (nSPS) is 12.5. The topological polar surface area (TPSA) is 56.5 Å². The van der Waals surface area contributed by atoms with Crippen molar-refractivity contribution in [1.29, 1.82) is 0 Å². The molecule has 26 heavy (non-hydrogen) atoms. The zero-order valence-electron chi connectivity index (χ0n) is 14.9. The summed E-state index contributed by atoms with van der Waals surface area (Å²) in [7, 11) is 5.20. The number of aromatic nitrogens is 2. The number of aliphatic hydroxyl groups is 1. The highest BCUT2D eigenvalue weighted by Crippen LogP contribution is 2.36. The molecule has 1 atom stereocenters. The van der Waals surface area contributed by atoms with Gasteiger partial charge in [0.25, 0.3) is 0 Å². The Balaban J connectivity index is 1.86. The first-order chi connectivity index (χ1) is 12.6. The van der Waals surface area contributed by atoms with Crippen molar-refractivity contribution in [3.8, 4) is 11.5 Å². The zero-order chi connectivity index (χ0) is 18.3. The number of nitrogens with zero attached hydrogens (tertiary/aromatic N) is 2. The average molecular weight is 348 g/mol. The van der Waals surface area contributed by atoms with Crippen LogP contribution in [0.4, 0.5) is 0 Å². The van der Waals surface area contributed by atoms with Crippen LogP contribution in [0.3, 0.4) is 0 Å². The van der Waals surface area contributed by atoms with E-state index in [0.717, 1.165) is 32.9 Å². The molecule has 0 radical (unpaired) electrons. The maximum Gasteiger partial charge on any atom is 0.162 e. The molecule has 0 bridgehead atoms. The summed E-state index contributed by atoms with van der Waals surface area (Å²) >= 11 is 0. The standard InChI is InChI=1S/C21H20N2O3/c1-23-9-7-13-10-14(4-5-18(13)23)21(24)15-6-8-22-17-12-20(26-3)19(25-2)11-16(15)17/h4-12,21,24H,1-3H3. The van der Waals surface area contributed by atoms with Crippen LogP contribution in [0.15, 0.2) is 54.9 Å². The lowest BCUT2D eigenvalue weighted by Gasteiger charge is -2.16. The number of aliphatic hydroxyl groups excluding tert-OH is 1. The molecule has 0 saturated carbocycles. The van der Waals surface area contributed by atoms with Crippen molar-refractivity contribution in [3.05, 3.63) is 66.0 Å². The number of ether oxygens (including phenoxy) is 2. The van der Waals surface area contributed by atoms with Gasteiger partial charge in [-0.3, -0.25) is 4.98 Å². The van der Waals surface area contributed by atoms with Gasteiger partial charge in [-0.25, -0.2) is 0 Å². The van der Waals surface area contributed by atoms with Gasteiger partial charge in [0.05, 0.1) is 19.7 Å². The van der Waals surface area contributed by atoms with Crippen molar-refractivity contribution < 1.29 is 14.6 Å². The van der Waals surface area contributed by atoms with E-state index in [2.05, 4.69) is 9.55 Å². The average Bonchev–Trinajstić information content (AvgIpc) is 3.06. The van der Waals surface area contributed by atoms with Gasteiger partial charge >= 0.3 is 0 Å². The van der Waals surface area contributed by atoms with Gasteiger partial charge in [0, 0.05) is 36.4 Å². The molecule has 2 heterocycles. The van der Waals surface area contributed by atoms with Gasteiger partial charge in [0.15, 0.2) is 11.5 Å². The molecule has 2 aromatic carbocycles. The van der Waals surface area contributed by atoms with Crippen molar-refractivity contribution in [2.45, 2.75) is 6.10 Å². The van der Waals surface area contributed by atoms with Crippen molar-refractivity contribution in [2.75, 3.05) is 14.2 Å². The van der Waals surface area contributed by atoms with Crippen LogP contribution in [-0.4, -0.2) is 28.9 Å². The van der Waals surface area contributed by atoms with Gasteiger partial charge in [0.2, 0.25) is 0 Å². The van der Waals surface area contributed by atoms with Crippen LogP contribution in [0.1, 0.15) is 17.2 Å². The molecule has 4 aromatic rings. The Morgan fingerprint density at radius 3 is 2.54 bits per heavy atom. The highest BCUT2D eigenvalue weighted by molar-refractivity contribution is 5.87. The first-order valence-electron chi connectivity index (χ1n) is 8.36. The fourth-order valence-electron chi connectivity index (χ4n) is 3.38. The molecule has 0 amide bonds. The first-order valence-corrected chi connectivity index (χ1v) is 8.36. The molecule has 2 aromatic heterocycles. The number of benzene rings is 2. The molecular weight excluding hydrogens is 328 g/mol. The highest BCUT2D eigenvalue weighted by atomic mass is 16.5. The van der Waals surface area contributed by atoms with Crippen LogP contribution < -0.4 is 9.47 Å². The molecular formula is C21H20N2O3. The summed E-state index contributed by atoms with van der Waals surface area (Å²) in [6.45, 7) is 0. The van der Waals surface area contributed by atoms with Gasteiger partial charge in [-0.15, -0.1) is 0 Å². The second kappa shape index (κ2) is 6.35. The molecule has 5 nitrogen and oxygen atoms in total. The number of aryl methyl sites for hydroxylation is 1. The molecule has 0 spiro atoms. The fraction of sp³-hybridized carbons (Fsp3) is 0.190. The predicted molar refractivity (Wildman–Crippen MR) is 102 cm³/mol. The predicted octanol–water partition coefficient (Wildman–Crippen LogP) is 3.83. The van der Waals surface area contributed by atoms with E-state index in [-0.39, 0.29) is 0 Å². The Kier molecular flexibility index (Phi) is 4.01. The summed E-state index contributed by atoms with van der Waals surface area (Å²) in [5, 5.41) is 13.0. The quantitative estimate of drug-likeness (QED) is 0.609. The highest BCUT2D eigenvalue weighted by Gasteiger charge is 2.17. The van der Waals surface area contributed by atoms with Crippen molar-refractivity contribution in [2.24, 2.45) is 7.05 Å². The number of pyridine rings is 1. The van der Waals surface area contributed by atoms with Gasteiger partial charge in [-0.1, -0.05) is 6.07 Å². The smallest absolute Gasteiger partial charge is 0.162 e. The minimum atomic E-state index is -0.761. The van der Waals surface area contributed by atoms with Crippen molar-refractivity contribution in [3.63, 3.8) is 0 Å². The van der Waals surface area contributed by atoms with Crippen molar-refractivity contribution in [1.82, 2.24) is 9.55 Å². The Morgan fingerprint density at radius 2 is 1.77 bits per heavy atom. The molecule has 5 heteroatoms. The summed E-state index contributed by atoms with van der Waals surface area (Å²) in [6.07, 6.45) is 2.96. The van der Waals surface area contributed by atoms with E-state index >= 15 is 0 Å². The lowest BCUT2D eigenvalue weighted by molar-refractivity contribution is 0.222. The van der Waals surface area contributed by atoms with Gasteiger partial charge in [-0.05, 0) is 46.8 Å². The summed E-state index contributed by atoms with van der Waals surface area (Å²) in [5.41, 5.74) is 3.50. The lowest BCUT2D eigenvalue weighted by Crippen LogP contribution is -2.02. The van der Waals surface area contributed by atoms with Crippen LogP contribution >= 0.6 is 0 Å². The van der Waals surface area contributed by atoms with E-state index in [9.17, 15) is 5.11 Å². The molecule has 1 N–H and O–H groups in total. The summed E-state index contributed by atoms with van der Waals surface area (Å²) < 4.78 is 12.8. The number of methoxy groups -OCH3 is 2. The molecule has 0 fully saturated rings.